The van der Waals surface area contributed by atoms with E-state index in [-0.39, 0.29) is 0 Å². The summed E-state index contributed by atoms with van der Waals surface area (Å²) in [6.45, 7) is 2.22. The van der Waals surface area contributed by atoms with Crippen LogP contribution in [0.2, 0.25) is 0 Å². The molecule has 1 saturated carbocycles. The fourth-order valence-electron chi connectivity index (χ4n) is 2.76. The van der Waals surface area contributed by atoms with E-state index < -0.39 is 0 Å². The van der Waals surface area contributed by atoms with Gasteiger partial charge in [-0.25, -0.2) is 0 Å². The molecule has 1 aromatic rings. The molecular formula is C14H21NO2. The van der Waals surface area contributed by atoms with Crippen molar-refractivity contribution in [3.8, 4) is 11.5 Å². The van der Waals surface area contributed by atoms with Gasteiger partial charge in [0.25, 0.3) is 0 Å². The molecule has 0 aromatic heterocycles. The Hall–Kier alpha value is -1.22. The summed E-state index contributed by atoms with van der Waals surface area (Å²) >= 11 is 0. The molecule has 3 heteroatoms. The number of nitrogens with two attached hydrogens (primary N) is 1. The predicted molar refractivity (Wildman–Crippen MR) is 68.7 cm³/mol. The van der Waals surface area contributed by atoms with E-state index in [1.165, 1.54) is 5.56 Å². The van der Waals surface area contributed by atoms with Crippen LogP contribution in [0, 0.1) is 5.92 Å². The van der Waals surface area contributed by atoms with E-state index >= 15 is 0 Å². The molecule has 1 aliphatic carbocycles. The lowest BCUT2D eigenvalue weighted by Gasteiger charge is -2.21. The van der Waals surface area contributed by atoms with Gasteiger partial charge in [0.1, 0.15) is 11.5 Å². The molecule has 3 unspecified atom stereocenters. The average Bonchev–Trinajstić information content (AvgIpc) is 2.69. The van der Waals surface area contributed by atoms with Crippen LogP contribution in [0.4, 0.5) is 0 Å². The van der Waals surface area contributed by atoms with E-state index in [2.05, 4.69) is 13.0 Å². The molecule has 1 aliphatic rings. The van der Waals surface area contributed by atoms with Gasteiger partial charge in [-0.05, 0) is 42.9 Å². The summed E-state index contributed by atoms with van der Waals surface area (Å²) in [6, 6.07) is 6.29. The number of hydrogen-bond acceptors (Lipinski definition) is 3. The number of benzene rings is 1. The molecule has 0 aliphatic heterocycles. The Kier molecular flexibility index (Phi) is 3.57. The Morgan fingerprint density at radius 2 is 1.94 bits per heavy atom. The van der Waals surface area contributed by atoms with E-state index in [0.29, 0.717) is 17.9 Å². The van der Waals surface area contributed by atoms with Crippen molar-refractivity contribution in [1.82, 2.24) is 0 Å². The van der Waals surface area contributed by atoms with Gasteiger partial charge in [0.2, 0.25) is 0 Å². The second kappa shape index (κ2) is 4.96. The molecule has 1 aromatic carbocycles. The third-order valence-electron chi connectivity index (χ3n) is 3.96. The van der Waals surface area contributed by atoms with E-state index in [9.17, 15) is 0 Å². The molecule has 0 bridgehead atoms. The SMILES string of the molecule is COc1ccc(OC)c(C2CCC(N)C2C)c1. The van der Waals surface area contributed by atoms with Gasteiger partial charge in [0.05, 0.1) is 14.2 Å². The minimum Gasteiger partial charge on any atom is -0.497 e. The highest BCUT2D eigenvalue weighted by molar-refractivity contribution is 5.43. The molecule has 3 atom stereocenters. The summed E-state index contributed by atoms with van der Waals surface area (Å²) < 4.78 is 10.7. The van der Waals surface area contributed by atoms with Crippen LogP contribution in [0.15, 0.2) is 18.2 Å². The summed E-state index contributed by atoms with van der Waals surface area (Å²) in [5, 5.41) is 0. The summed E-state index contributed by atoms with van der Waals surface area (Å²) in [5.74, 6) is 2.80. The zero-order valence-electron chi connectivity index (χ0n) is 10.8. The van der Waals surface area contributed by atoms with Crippen LogP contribution in [0.25, 0.3) is 0 Å². The maximum atomic E-state index is 6.10. The molecule has 0 saturated heterocycles. The third kappa shape index (κ3) is 2.25. The van der Waals surface area contributed by atoms with E-state index in [1.807, 2.05) is 12.1 Å². The van der Waals surface area contributed by atoms with E-state index in [0.717, 1.165) is 24.3 Å². The molecule has 0 heterocycles. The second-order valence-corrected chi connectivity index (χ2v) is 4.81. The standard InChI is InChI=1S/C14H21NO2/c1-9-11(5-6-13(9)15)12-8-10(16-2)4-7-14(12)17-3/h4,7-9,11,13H,5-6,15H2,1-3H3. The predicted octanol–water partition coefficient (Wildman–Crippen LogP) is 2.54. The minimum atomic E-state index is 0.302. The summed E-state index contributed by atoms with van der Waals surface area (Å²) in [7, 11) is 3.40. The third-order valence-corrected chi connectivity index (χ3v) is 3.96. The van der Waals surface area contributed by atoms with Crippen molar-refractivity contribution in [1.29, 1.82) is 0 Å². The fourth-order valence-corrected chi connectivity index (χ4v) is 2.76. The second-order valence-electron chi connectivity index (χ2n) is 4.81. The Labute approximate surface area is 103 Å². The smallest absolute Gasteiger partial charge is 0.122 e. The van der Waals surface area contributed by atoms with Gasteiger partial charge >= 0.3 is 0 Å². The highest BCUT2D eigenvalue weighted by Crippen LogP contribution is 2.43. The van der Waals surface area contributed by atoms with Crippen LogP contribution in [0.1, 0.15) is 31.2 Å². The Bertz CT molecular complexity index is 392. The quantitative estimate of drug-likeness (QED) is 0.875. The van der Waals surface area contributed by atoms with Crippen molar-refractivity contribution in [2.75, 3.05) is 14.2 Å². The van der Waals surface area contributed by atoms with Crippen LogP contribution in [-0.4, -0.2) is 20.3 Å². The monoisotopic (exact) mass is 235 g/mol. The van der Waals surface area contributed by atoms with Gasteiger partial charge in [0, 0.05) is 11.6 Å². The molecule has 0 amide bonds. The molecule has 1 fully saturated rings. The average molecular weight is 235 g/mol. The molecule has 2 rings (SSSR count). The molecule has 3 nitrogen and oxygen atoms in total. The van der Waals surface area contributed by atoms with Crippen LogP contribution < -0.4 is 15.2 Å². The van der Waals surface area contributed by atoms with Gasteiger partial charge in [-0.3, -0.25) is 0 Å². The zero-order chi connectivity index (χ0) is 12.4. The highest BCUT2D eigenvalue weighted by Gasteiger charge is 2.33. The first-order chi connectivity index (χ1) is 8.17. The number of hydrogen-bond donors (Lipinski definition) is 1. The maximum Gasteiger partial charge on any atom is 0.122 e. The lowest BCUT2D eigenvalue weighted by atomic mass is 9.88. The van der Waals surface area contributed by atoms with E-state index in [1.54, 1.807) is 14.2 Å². The Morgan fingerprint density at radius 1 is 1.18 bits per heavy atom. The van der Waals surface area contributed by atoms with Gasteiger partial charge in [-0.1, -0.05) is 6.92 Å². The number of rotatable bonds is 3. The van der Waals surface area contributed by atoms with Crippen molar-refractivity contribution in [2.45, 2.75) is 31.7 Å². The minimum absolute atomic E-state index is 0.302. The van der Waals surface area contributed by atoms with Crippen LogP contribution >= 0.6 is 0 Å². The molecule has 94 valence electrons. The van der Waals surface area contributed by atoms with Crippen molar-refractivity contribution in [3.63, 3.8) is 0 Å². The first kappa shape index (κ1) is 12.2. The molecular weight excluding hydrogens is 214 g/mol. The first-order valence-corrected chi connectivity index (χ1v) is 6.15. The lowest BCUT2D eigenvalue weighted by Crippen LogP contribution is -2.24. The molecule has 0 radical (unpaired) electrons. The number of methoxy groups -OCH3 is 2. The van der Waals surface area contributed by atoms with Crippen LogP contribution in [-0.2, 0) is 0 Å². The lowest BCUT2D eigenvalue weighted by molar-refractivity contribution is 0.386. The molecule has 17 heavy (non-hydrogen) atoms. The van der Waals surface area contributed by atoms with Crippen molar-refractivity contribution < 1.29 is 9.47 Å². The van der Waals surface area contributed by atoms with Gasteiger partial charge in [0.15, 0.2) is 0 Å². The maximum absolute atomic E-state index is 6.10. The normalized spacial score (nSPS) is 28.1. The van der Waals surface area contributed by atoms with Gasteiger partial charge < -0.3 is 15.2 Å². The molecule has 0 spiro atoms. The van der Waals surface area contributed by atoms with Gasteiger partial charge in [-0.2, -0.15) is 0 Å². The van der Waals surface area contributed by atoms with Gasteiger partial charge in [-0.15, -0.1) is 0 Å². The van der Waals surface area contributed by atoms with Crippen molar-refractivity contribution in [2.24, 2.45) is 11.7 Å². The summed E-state index contributed by atoms with van der Waals surface area (Å²) in [4.78, 5) is 0. The Morgan fingerprint density at radius 3 is 2.47 bits per heavy atom. The van der Waals surface area contributed by atoms with Crippen molar-refractivity contribution in [3.05, 3.63) is 23.8 Å². The highest BCUT2D eigenvalue weighted by atomic mass is 16.5. The Balaban J connectivity index is 2.35. The van der Waals surface area contributed by atoms with Crippen molar-refractivity contribution >= 4 is 0 Å². The van der Waals surface area contributed by atoms with E-state index in [4.69, 9.17) is 15.2 Å². The molecule has 2 N–H and O–H groups in total. The largest absolute Gasteiger partial charge is 0.497 e. The summed E-state index contributed by atoms with van der Waals surface area (Å²) in [6.07, 6.45) is 2.22. The number of ether oxygens (including phenoxy) is 2. The van der Waals surface area contributed by atoms with Crippen LogP contribution in [0.5, 0.6) is 11.5 Å². The summed E-state index contributed by atoms with van der Waals surface area (Å²) in [5.41, 5.74) is 7.32. The zero-order valence-corrected chi connectivity index (χ0v) is 10.8. The van der Waals surface area contributed by atoms with Crippen LogP contribution in [0.3, 0.4) is 0 Å². The topological polar surface area (TPSA) is 44.5 Å². The first-order valence-electron chi connectivity index (χ1n) is 6.15. The fraction of sp³-hybridized carbons (Fsp3) is 0.571.